The summed E-state index contributed by atoms with van der Waals surface area (Å²) in [6.45, 7) is 1.86. The van der Waals surface area contributed by atoms with E-state index in [0.29, 0.717) is 23.7 Å². The molecule has 4 rings (SSSR count). The minimum atomic E-state index is -0.667. The van der Waals surface area contributed by atoms with Crippen LogP contribution in [-0.2, 0) is 20.9 Å². The number of thioether (sulfide) groups is 1. The summed E-state index contributed by atoms with van der Waals surface area (Å²) in [6, 6.07) is 17.4. The lowest BCUT2D eigenvalue weighted by molar-refractivity contribution is -0.127. The first kappa shape index (κ1) is 28.7. The summed E-state index contributed by atoms with van der Waals surface area (Å²) in [4.78, 5) is 50.9. The van der Waals surface area contributed by atoms with Gasteiger partial charge in [0.1, 0.15) is 13.2 Å². The van der Waals surface area contributed by atoms with E-state index in [4.69, 9.17) is 21.1 Å². The number of nitrogens with one attached hydrogen (secondary N) is 1. The van der Waals surface area contributed by atoms with E-state index in [-0.39, 0.29) is 21.2 Å². The van der Waals surface area contributed by atoms with Crippen molar-refractivity contribution in [3.05, 3.63) is 92.8 Å². The quantitative estimate of drug-likeness (QED) is 0.253. The first-order valence-corrected chi connectivity index (χ1v) is 13.2. The predicted molar refractivity (Wildman–Crippen MR) is 153 cm³/mol. The van der Waals surface area contributed by atoms with Crippen molar-refractivity contribution < 1.29 is 33.4 Å². The number of hydrogen-bond acceptors (Lipinski definition) is 8. The largest absolute Gasteiger partial charge is 0.493 e. The predicted octanol–water partition coefficient (Wildman–Crippen LogP) is 5.70. The van der Waals surface area contributed by atoms with Gasteiger partial charge >= 0.3 is 5.97 Å². The van der Waals surface area contributed by atoms with Gasteiger partial charge in [0.15, 0.2) is 11.5 Å². The second kappa shape index (κ2) is 12.7. The summed E-state index contributed by atoms with van der Waals surface area (Å²) in [5, 5.41) is 2.13. The fraction of sp³-hybridized carbons (Fsp3) is 0.172. The molecule has 1 aliphatic heterocycles. The molecule has 0 radical (unpaired) electrons. The molecule has 0 aromatic heterocycles. The van der Waals surface area contributed by atoms with E-state index in [1.165, 1.54) is 32.4 Å². The average Bonchev–Trinajstić information content (AvgIpc) is 3.19. The molecule has 0 atom stereocenters. The lowest BCUT2D eigenvalue weighted by atomic mass is 10.1. The van der Waals surface area contributed by atoms with E-state index < -0.39 is 29.6 Å². The number of anilines is 1. The van der Waals surface area contributed by atoms with Crippen molar-refractivity contribution >= 4 is 58.1 Å². The van der Waals surface area contributed by atoms with Gasteiger partial charge in [-0.1, -0.05) is 47.5 Å². The molecule has 0 aliphatic carbocycles. The van der Waals surface area contributed by atoms with Gasteiger partial charge in [0, 0.05) is 5.69 Å². The third kappa shape index (κ3) is 6.83. The van der Waals surface area contributed by atoms with Crippen LogP contribution in [0.2, 0.25) is 5.02 Å². The number of esters is 1. The number of halogens is 1. The average molecular weight is 581 g/mol. The summed E-state index contributed by atoms with van der Waals surface area (Å²) >= 11 is 6.73. The summed E-state index contributed by atoms with van der Waals surface area (Å²) in [5.41, 5.74) is 3.09. The highest BCUT2D eigenvalue weighted by atomic mass is 35.5. The van der Waals surface area contributed by atoms with E-state index in [1.54, 1.807) is 24.3 Å². The van der Waals surface area contributed by atoms with Gasteiger partial charge in [0.05, 0.1) is 29.7 Å². The van der Waals surface area contributed by atoms with Crippen LogP contribution >= 0.6 is 23.4 Å². The van der Waals surface area contributed by atoms with E-state index >= 15 is 0 Å². The second-order valence-electron chi connectivity index (χ2n) is 8.69. The van der Waals surface area contributed by atoms with Crippen LogP contribution in [0.25, 0.3) is 6.08 Å². The van der Waals surface area contributed by atoms with Crippen LogP contribution in [0.5, 0.6) is 11.5 Å². The van der Waals surface area contributed by atoms with Crippen molar-refractivity contribution in [2.75, 3.05) is 26.1 Å². The Morgan fingerprint density at radius 2 is 1.82 bits per heavy atom. The Balaban J connectivity index is 1.42. The molecule has 3 aromatic carbocycles. The van der Waals surface area contributed by atoms with Crippen LogP contribution in [0.15, 0.2) is 65.6 Å². The summed E-state index contributed by atoms with van der Waals surface area (Å²) in [7, 11) is 2.72. The van der Waals surface area contributed by atoms with Crippen LogP contribution in [0.1, 0.15) is 27.0 Å². The number of ether oxygens (including phenoxy) is 3. The highest BCUT2D eigenvalue weighted by molar-refractivity contribution is 8.18. The molecule has 9 nitrogen and oxygen atoms in total. The lowest BCUT2D eigenvalue weighted by Gasteiger charge is -2.13. The number of carbonyl (C=O) groups is 4. The van der Waals surface area contributed by atoms with E-state index in [1.807, 2.05) is 31.2 Å². The zero-order chi connectivity index (χ0) is 28.8. The third-order valence-corrected chi connectivity index (χ3v) is 7.03. The van der Waals surface area contributed by atoms with Crippen molar-refractivity contribution in [2.45, 2.75) is 13.5 Å². The van der Waals surface area contributed by atoms with Gasteiger partial charge in [0.2, 0.25) is 5.91 Å². The number of carbonyl (C=O) groups excluding carboxylic acids is 4. The van der Waals surface area contributed by atoms with Gasteiger partial charge in [-0.3, -0.25) is 19.3 Å². The number of nitrogens with zero attached hydrogens (tertiary/aromatic N) is 1. The number of hydrogen-bond donors (Lipinski definition) is 1. The normalized spacial score (nSPS) is 13.9. The topological polar surface area (TPSA) is 111 Å². The van der Waals surface area contributed by atoms with Gasteiger partial charge in [-0.2, -0.15) is 0 Å². The summed E-state index contributed by atoms with van der Waals surface area (Å²) < 4.78 is 16.1. The minimum absolute atomic E-state index is 0.0677. The van der Waals surface area contributed by atoms with Crippen LogP contribution in [0.4, 0.5) is 10.5 Å². The van der Waals surface area contributed by atoms with Crippen molar-refractivity contribution in [3.8, 4) is 11.5 Å². The molecule has 1 N–H and O–H groups in total. The lowest BCUT2D eigenvalue weighted by Crippen LogP contribution is -2.36. The fourth-order valence-electron chi connectivity index (χ4n) is 3.86. The summed E-state index contributed by atoms with van der Waals surface area (Å²) in [5.74, 6) is -0.897. The zero-order valence-corrected chi connectivity index (χ0v) is 23.4. The molecule has 0 bridgehead atoms. The maximum atomic E-state index is 12.9. The first-order chi connectivity index (χ1) is 19.2. The maximum absolute atomic E-state index is 12.9. The van der Waals surface area contributed by atoms with Crippen LogP contribution in [-0.4, -0.2) is 48.7 Å². The third-order valence-electron chi connectivity index (χ3n) is 5.79. The van der Waals surface area contributed by atoms with Gasteiger partial charge in [-0.15, -0.1) is 0 Å². The summed E-state index contributed by atoms with van der Waals surface area (Å²) in [6.07, 6.45) is 1.55. The Bertz CT molecular complexity index is 1520. The number of benzene rings is 3. The maximum Gasteiger partial charge on any atom is 0.339 e. The number of methoxy groups -OCH3 is 2. The number of rotatable bonds is 9. The molecule has 0 saturated carbocycles. The Labute approximate surface area is 240 Å². The minimum Gasteiger partial charge on any atom is -0.493 e. The molecule has 0 spiro atoms. The Morgan fingerprint density at radius 1 is 1.02 bits per heavy atom. The molecule has 0 unspecified atom stereocenters. The van der Waals surface area contributed by atoms with Crippen molar-refractivity contribution in [2.24, 2.45) is 0 Å². The smallest absolute Gasteiger partial charge is 0.339 e. The monoisotopic (exact) mass is 580 g/mol. The SMILES string of the molecule is COC(=O)c1cc(NC(=O)CN2C(=O)S/C(=C\c3ccc(OCc4cccc(C)c4)c(OC)c3)C2=O)ccc1Cl. The molecule has 1 heterocycles. The molecule has 1 saturated heterocycles. The van der Waals surface area contributed by atoms with Crippen LogP contribution in [0.3, 0.4) is 0 Å². The number of imide groups is 1. The molecular formula is C29H25ClN2O7S. The number of aryl methyl sites for hydroxylation is 1. The van der Waals surface area contributed by atoms with Gasteiger partial charge in [0.25, 0.3) is 11.1 Å². The second-order valence-corrected chi connectivity index (χ2v) is 10.1. The van der Waals surface area contributed by atoms with E-state index in [9.17, 15) is 19.2 Å². The first-order valence-electron chi connectivity index (χ1n) is 12.0. The number of amides is 3. The fourth-order valence-corrected chi connectivity index (χ4v) is 4.89. The highest BCUT2D eigenvalue weighted by Crippen LogP contribution is 2.35. The molecule has 1 fully saturated rings. The van der Waals surface area contributed by atoms with Gasteiger partial charge in [-0.05, 0) is 66.2 Å². The molecular weight excluding hydrogens is 556 g/mol. The zero-order valence-electron chi connectivity index (χ0n) is 21.9. The highest BCUT2D eigenvalue weighted by Gasteiger charge is 2.36. The van der Waals surface area contributed by atoms with Crippen LogP contribution in [0, 0.1) is 6.92 Å². The Morgan fingerprint density at radius 3 is 2.55 bits per heavy atom. The van der Waals surface area contributed by atoms with E-state index in [0.717, 1.165) is 27.8 Å². The molecule has 40 heavy (non-hydrogen) atoms. The van der Waals surface area contributed by atoms with E-state index in [2.05, 4.69) is 10.1 Å². The van der Waals surface area contributed by atoms with Crippen LogP contribution < -0.4 is 14.8 Å². The standard InChI is InChI=1S/C29H25ClN2O7S/c1-17-5-4-6-19(11-17)16-39-23-10-7-18(12-24(23)37-2)13-25-27(34)32(29(36)40-25)15-26(33)31-20-8-9-22(30)21(14-20)28(35)38-3/h4-14H,15-16H2,1-3H3,(H,31,33)/b25-13-. The Kier molecular flexibility index (Phi) is 9.13. The van der Waals surface area contributed by atoms with Crippen molar-refractivity contribution in [3.63, 3.8) is 0 Å². The molecule has 3 aromatic rings. The molecule has 206 valence electrons. The Hall–Kier alpha value is -4.28. The molecule has 11 heteroatoms. The molecule has 1 aliphatic rings. The van der Waals surface area contributed by atoms with Crippen molar-refractivity contribution in [1.29, 1.82) is 0 Å². The molecule has 3 amide bonds. The van der Waals surface area contributed by atoms with Gasteiger partial charge in [-0.25, -0.2) is 4.79 Å². The van der Waals surface area contributed by atoms with Crippen molar-refractivity contribution in [1.82, 2.24) is 4.90 Å². The van der Waals surface area contributed by atoms with Gasteiger partial charge < -0.3 is 19.5 Å².